The number of hydrogen-bond donors (Lipinski definition) is 0. The summed E-state index contributed by atoms with van der Waals surface area (Å²) in [6, 6.07) is 21.7. The van der Waals surface area contributed by atoms with Crippen LogP contribution in [0.3, 0.4) is 0 Å². The van der Waals surface area contributed by atoms with Crippen LogP contribution in [0.5, 0.6) is 0 Å². The Morgan fingerprint density at radius 3 is 1.77 bits per heavy atom. The van der Waals surface area contributed by atoms with Crippen LogP contribution in [-0.2, 0) is 4.43 Å². The highest BCUT2D eigenvalue weighted by atomic mass is 28.4. The van der Waals surface area contributed by atoms with E-state index in [-0.39, 0.29) is 5.04 Å². The van der Waals surface area contributed by atoms with Crippen molar-refractivity contribution in [2.24, 2.45) is 0 Å². The lowest BCUT2D eigenvalue weighted by Gasteiger charge is -2.43. The van der Waals surface area contributed by atoms with Gasteiger partial charge in [0.25, 0.3) is 8.32 Å². The second-order valence-corrected chi connectivity index (χ2v) is 12.7. The Bertz CT molecular complexity index is 662. The number of benzene rings is 2. The summed E-state index contributed by atoms with van der Waals surface area (Å²) < 4.78 is 6.89. The van der Waals surface area contributed by atoms with Crippen molar-refractivity contribution in [3.05, 3.63) is 72.2 Å². The molecule has 0 bridgehead atoms. The molecule has 0 aromatic heterocycles. The van der Waals surface area contributed by atoms with Crippen LogP contribution in [0.4, 0.5) is 0 Å². The molecule has 138 valence electrons. The van der Waals surface area contributed by atoms with Crippen molar-refractivity contribution in [2.75, 3.05) is 6.61 Å². The molecule has 0 atom stereocenters. The molecule has 2 rings (SSSR count). The molecule has 0 unspecified atom stereocenters. The van der Waals surface area contributed by atoms with E-state index in [9.17, 15) is 0 Å². The van der Waals surface area contributed by atoms with Crippen molar-refractivity contribution < 1.29 is 4.43 Å². The first-order valence-electron chi connectivity index (χ1n) is 9.70. The minimum atomic E-state index is -2.38. The zero-order chi connectivity index (χ0) is 19.2. The molecule has 0 fully saturated rings. The van der Waals surface area contributed by atoms with Gasteiger partial charge in [0.05, 0.1) is 0 Å². The molecule has 0 heterocycles. The maximum Gasteiger partial charge on any atom is 0.261 e. The zero-order valence-electron chi connectivity index (χ0n) is 17.3. The van der Waals surface area contributed by atoms with Gasteiger partial charge < -0.3 is 4.43 Å². The lowest BCUT2D eigenvalue weighted by molar-refractivity contribution is 0.304. The molecule has 0 aliphatic carbocycles. The predicted octanol–water partition coefficient (Wildman–Crippen LogP) is 5.19. The molecule has 0 spiro atoms. The quantitative estimate of drug-likeness (QED) is 0.485. The molecule has 0 aliphatic rings. The van der Waals surface area contributed by atoms with E-state index >= 15 is 0 Å². The molecule has 0 saturated heterocycles. The summed E-state index contributed by atoms with van der Waals surface area (Å²) in [6.07, 6.45) is 3.30. The first-order valence-corrected chi connectivity index (χ1v) is 11.6. The third-order valence-electron chi connectivity index (χ3n) is 5.23. The lowest BCUT2D eigenvalue weighted by atomic mass is 9.49. The molecule has 2 aromatic carbocycles. The highest BCUT2D eigenvalue weighted by Gasteiger charge is 2.49. The van der Waals surface area contributed by atoms with E-state index in [0.29, 0.717) is 6.71 Å². The lowest BCUT2D eigenvalue weighted by Crippen LogP contribution is -2.66. The highest BCUT2D eigenvalue weighted by Crippen LogP contribution is 2.36. The van der Waals surface area contributed by atoms with Crippen molar-refractivity contribution in [3.63, 3.8) is 0 Å². The van der Waals surface area contributed by atoms with Gasteiger partial charge in [-0.05, 0) is 21.8 Å². The summed E-state index contributed by atoms with van der Waals surface area (Å²) in [6.45, 7) is 15.1. The van der Waals surface area contributed by atoms with Gasteiger partial charge in [0, 0.05) is 6.61 Å². The molecular weight excluding hydrogens is 331 g/mol. The van der Waals surface area contributed by atoms with E-state index in [0.717, 1.165) is 13.0 Å². The highest BCUT2D eigenvalue weighted by molar-refractivity contribution is 6.99. The van der Waals surface area contributed by atoms with Gasteiger partial charge in [-0.3, -0.25) is 0 Å². The SMILES string of the molecule is CB(C)/C(C)=C\CCO[Si](c1ccccc1)(c1ccccc1)C(C)(C)C. The average molecular weight is 364 g/mol. The molecule has 0 saturated carbocycles. The Balaban J connectivity index is 2.43. The molecule has 3 heteroatoms. The molecule has 0 N–H and O–H groups in total. The normalized spacial score (nSPS) is 12.9. The summed E-state index contributed by atoms with van der Waals surface area (Å²) in [7, 11) is -2.38. The summed E-state index contributed by atoms with van der Waals surface area (Å²) in [5.74, 6) is 0. The summed E-state index contributed by atoms with van der Waals surface area (Å²) >= 11 is 0. The molecule has 0 aliphatic heterocycles. The van der Waals surface area contributed by atoms with E-state index in [1.54, 1.807) is 0 Å². The van der Waals surface area contributed by atoms with Gasteiger partial charge in [-0.2, -0.15) is 0 Å². The van der Waals surface area contributed by atoms with Crippen molar-refractivity contribution in [3.8, 4) is 0 Å². The molecule has 0 amide bonds. The third-order valence-corrected chi connectivity index (χ3v) is 10.3. The van der Waals surface area contributed by atoms with Gasteiger partial charge in [-0.1, -0.05) is 108 Å². The van der Waals surface area contributed by atoms with Gasteiger partial charge >= 0.3 is 0 Å². The van der Waals surface area contributed by atoms with Crippen LogP contribution in [0.15, 0.2) is 72.2 Å². The third kappa shape index (κ3) is 4.58. The van der Waals surface area contributed by atoms with Crippen LogP contribution in [0, 0.1) is 0 Å². The fourth-order valence-corrected chi connectivity index (χ4v) is 8.08. The van der Waals surface area contributed by atoms with E-state index in [4.69, 9.17) is 4.43 Å². The van der Waals surface area contributed by atoms with Crippen LogP contribution in [0.2, 0.25) is 18.7 Å². The first-order chi connectivity index (χ1) is 12.3. The maximum atomic E-state index is 6.89. The fraction of sp³-hybridized carbons (Fsp3) is 0.391. The van der Waals surface area contributed by atoms with Gasteiger partial charge in [0.1, 0.15) is 0 Å². The molecule has 26 heavy (non-hydrogen) atoms. The van der Waals surface area contributed by atoms with Crippen LogP contribution in [0.1, 0.15) is 34.1 Å². The van der Waals surface area contributed by atoms with E-state index in [1.165, 1.54) is 15.8 Å². The molecular formula is C23H33BOSi. The molecule has 2 aromatic rings. The van der Waals surface area contributed by atoms with Crippen LogP contribution in [-0.4, -0.2) is 21.6 Å². The first kappa shape index (κ1) is 20.7. The van der Waals surface area contributed by atoms with Crippen molar-refractivity contribution >= 4 is 25.4 Å². The molecule has 0 radical (unpaired) electrons. The van der Waals surface area contributed by atoms with Crippen molar-refractivity contribution in [1.29, 1.82) is 0 Å². The molecule has 1 nitrogen and oxygen atoms in total. The summed E-state index contributed by atoms with van der Waals surface area (Å²) in [5, 5.41) is 2.75. The van der Waals surface area contributed by atoms with E-state index < -0.39 is 8.32 Å². The predicted molar refractivity (Wildman–Crippen MR) is 119 cm³/mol. The topological polar surface area (TPSA) is 9.23 Å². The number of hydrogen-bond acceptors (Lipinski definition) is 1. The van der Waals surface area contributed by atoms with Gasteiger partial charge in [-0.15, -0.1) is 5.47 Å². The average Bonchev–Trinajstić information content (AvgIpc) is 2.62. The Morgan fingerprint density at radius 1 is 0.923 bits per heavy atom. The van der Waals surface area contributed by atoms with E-state index in [1.807, 2.05) is 0 Å². The number of allylic oxidation sites excluding steroid dienone is 1. The largest absolute Gasteiger partial charge is 0.407 e. The second kappa shape index (κ2) is 8.88. The fourth-order valence-electron chi connectivity index (χ4n) is 3.50. The van der Waals surface area contributed by atoms with Crippen molar-refractivity contribution in [2.45, 2.75) is 52.8 Å². The van der Waals surface area contributed by atoms with Crippen LogP contribution >= 0.6 is 0 Å². The standard InChI is InChI=1S/C23H33BOSi/c1-20(24(5)6)14-13-19-25-26(23(2,3)4,21-15-9-7-10-16-21)22-17-11-8-12-18-22/h7-12,14-18H,13,19H2,1-6H3/b20-14-. The Labute approximate surface area is 161 Å². The smallest absolute Gasteiger partial charge is 0.261 e. The monoisotopic (exact) mass is 364 g/mol. The van der Waals surface area contributed by atoms with Crippen molar-refractivity contribution in [1.82, 2.24) is 0 Å². The van der Waals surface area contributed by atoms with Gasteiger partial charge in [-0.25, -0.2) is 0 Å². The summed E-state index contributed by atoms with van der Waals surface area (Å²) in [5.41, 5.74) is 1.44. The number of rotatable bonds is 7. The summed E-state index contributed by atoms with van der Waals surface area (Å²) in [4.78, 5) is 0. The second-order valence-electron chi connectivity index (χ2n) is 8.40. The van der Waals surface area contributed by atoms with E-state index in [2.05, 4.69) is 108 Å². The Morgan fingerprint density at radius 2 is 1.38 bits per heavy atom. The van der Waals surface area contributed by atoms with Crippen LogP contribution < -0.4 is 10.4 Å². The zero-order valence-corrected chi connectivity index (χ0v) is 18.3. The van der Waals surface area contributed by atoms with Crippen LogP contribution in [0.25, 0.3) is 0 Å². The Kier molecular flexibility index (Phi) is 7.08. The minimum absolute atomic E-state index is 0.0481. The Hall–Kier alpha value is -1.58. The van der Waals surface area contributed by atoms with Gasteiger partial charge in [0.15, 0.2) is 6.71 Å². The van der Waals surface area contributed by atoms with Gasteiger partial charge in [0.2, 0.25) is 0 Å². The maximum absolute atomic E-state index is 6.89. The minimum Gasteiger partial charge on any atom is -0.407 e.